The van der Waals surface area contributed by atoms with Crippen LogP contribution in [0.4, 0.5) is 0 Å². The Morgan fingerprint density at radius 3 is 2.32 bits per heavy atom. The van der Waals surface area contributed by atoms with Crippen LogP contribution in [0.1, 0.15) is 47.5 Å². The molecule has 4 heteroatoms. The number of ether oxygens (including phenoxy) is 1. The summed E-state index contributed by atoms with van der Waals surface area (Å²) in [7, 11) is -1.73. The molecular weight excluding hydrogens is 256 g/mol. The Morgan fingerprint density at radius 1 is 1.26 bits per heavy atom. The first-order chi connectivity index (χ1) is 8.58. The van der Waals surface area contributed by atoms with Gasteiger partial charge in [0, 0.05) is 6.10 Å². The number of esters is 1. The molecule has 0 aromatic carbocycles. The normalized spacial score (nSPS) is 28.5. The highest BCUT2D eigenvalue weighted by molar-refractivity contribution is 6.74. The van der Waals surface area contributed by atoms with Gasteiger partial charge >= 0.3 is 5.97 Å². The summed E-state index contributed by atoms with van der Waals surface area (Å²) in [6.45, 7) is 15.8. The molecule has 3 atom stereocenters. The fourth-order valence-electron chi connectivity index (χ4n) is 2.46. The summed E-state index contributed by atoms with van der Waals surface area (Å²) < 4.78 is 11.6. The highest BCUT2D eigenvalue weighted by Gasteiger charge is 2.44. The van der Waals surface area contributed by atoms with E-state index in [4.69, 9.17) is 9.16 Å². The van der Waals surface area contributed by atoms with Crippen LogP contribution in [0.25, 0.3) is 0 Å². The van der Waals surface area contributed by atoms with Crippen molar-refractivity contribution in [3.8, 4) is 0 Å². The maximum Gasteiger partial charge on any atom is 0.309 e. The van der Waals surface area contributed by atoms with Crippen LogP contribution in [0.15, 0.2) is 0 Å². The van der Waals surface area contributed by atoms with Crippen LogP contribution in [0.3, 0.4) is 0 Å². The number of carbonyl (C=O) groups excluding carboxylic acids is 1. The first-order valence-electron chi connectivity index (χ1n) is 7.43. The minimum Gasteiger partial charge on any atom is -0.466 e. The lowest BCUT2D eigenvalue weighted by atomic mass is 9.99. The minimum absolute atomic E-state index is 0.0229. The van der Waals surface area contributed by atoms with Crippen LogP contribution in [0, 0.1) is 11.8 Å². The van der Waals surface area contributed by atoms with E-state index >= 15 is 0 Å². The van der Waals surface area contributed by atoms with E-state index in [1.807, 2.05) is 6.92 Å². The summed E-state index contributed by atoms with van der Waals surface area (Å²) in [5.74, 6) is 0.347. The first kappa shape index (κ1) is 16.7. The molecule has 0 saturated heterocycles. The molecule has 0 N–H and O–H groups in total. The van der Waals surface area contributed by atoms with Crippen molar-refractivity contribution in [3.63, 3.8) is 0 Å². The zero-order valence-corrected chi connectivity index (χ0v) is 14.6. The van der Waals surface area contributed by atoms with Gasteiger partial charge in [-0.25, -0.2) is 0 Å². The topological polar surface area (TPSA) is 35.5 Å². The summed E-state index contributed by atoms with van der Waals surface area (Å²) in [5.41, 5.74) is 0. The van der Waals surface area contributed by atoms with Gasteiger partial charge in [-0.3, -0.25) is 4.79 Å². The molecule has 19 heavy (non-hydrogen) atoms. The van der Waals surface area contributed by atoms with Crippen LogP contribution in [0.5, 0.6) is 0 Å². The highest BCUT2D eigenvalue weighted by atomic mass is 28.4. The molecule has 1 saturated carbocycles. The van der Waals surface area contributed by atoms with Gasteiger partial charge in [0.15, 0.2) is 8.32 Å². The van der Waals surface area contributed by atoms with Crippen molar-refractivity contribution in [2.45, 2.75) is 71.7 Å². The van der Waals surface area contributed by atoms with Crippen molar-refractivity contribution in [3.05, 3.63) is 0 Å². The van der Waals surface area contributed by atoms with Crippen LogP contribution >= 0.6 is 0 Å². The summed E-state index contributed by atoms with van der Waals surface area (Å²) >= 11 is 0. The fourth-order valence-corrected chi connectivity index (χ4v) is 3.84. The highest BCUT2D eigenvalue weighted by Crippen LogP contribution is 2.42. The van der Waals surface area contributed by atoms with Crippen LogP contribution in [-0.2, 0) is 14.0 Å². The smallest absolute Gasteiger partial charge is 0.309 e. The minimum atomic E-state index is -1.73. The molecule has 0 bridgehead atoms. The second-order valence-electron chi connectivity index (χ2n) is 7.31. The standard InChI is InChI=1S/C15H30O3Si/c1-8-17-14(16)13-10-12(9-11(13)2)18-19(6,7)15(3,4)5/h11-13H,8-10H2,1-7H3/t11-,12?,13-/m1/s1. The van der Waals surface area contributed by atoms with Crippen molar-refractivity contribution >= 4 is 14.3 Å². The van der Waals surface area contributed by atoms with Gasteiger partial charge in [0.1, 0.15) is 0 Å². The molecule has 0 aromatic rings. The van der Waals surface area contributed by atoms with E-state index in [0.29, 0.717) is 12.5 Å². The summed E-state index contributed by atoms with van der Waals surface area (Å²) in [4.78, 5) is 11.9. The number of carbonyl (C=O) groups is 1. The Morgan fingerprint density at radius 2 is 1.84 bits per heavy atom. The molecule has 0 heterocycles. The van der Waals surface area contributed by atoms with E-state index in [-0.39, 0.29) is 23.0 Å². The van der Waals surface area contributed by atoms with Gasteiger partial charge in [0.2, 0.25) is 0 Å². The predicted octanol–water partition coefficient (Wildman–Crippen LogP) is 3.99. The predicted molar refractivity (Wildman–Crippen MR) is 80.6 cm³/mol. The molecule has 0 amide bonds. The first-order valence-corrected chi connectivity index (χ1v) is 10.3. The second-order valence-corrected chi connectivity index (χ2v) is 12.1. The molecule has 1 aliphatic rings. The molecule has 0 radical (unpaired) electrons. The third-order valence-electron chi connectivity index (χ3n) is 4.70. The third-order valence-corrected chi connectivity index (χ3v) is 9.23. The maximum absolute atomic E-state index is 11.9. The molecule has 0 spiro atoms. The van der Waals surface area contributed by atoms with Crippen molar-refractivity contribution in [1.29, 1.82) is 0 Å². The van der Waals surface area contributed by atoms with Gasteiger partial charge in [-0.15, -0.1) is 0 Å². The Labute approximate surface area is 119 Å². The molecule has 1 unspecified atom stereocenters. The quantitative estimate of drug-likeness (QED) is 0.579. The van der Waals surface area contributed by atoms with E-state index in [0.717, 1.165) is 12.8 Å². The lowest BCUT2D eigenvalue weighted by molar-refractivity contribution is -0.149. The van der Waals surface area contributed by atoms with Crippen molar-refractivity contribution in [1.82, 2.24) is 0 Å². The number of hydrogen-bond acceptors (Lipinski definition) is 3. The average molecular weight is 286 g/mol. The zero-order valence-electron chi connectivity index (χ0n) is 13.6. The Bertz CT molecular complexity index is 320. The second kappa shape index (κ2) is 5.96. The summed E-state index contributed by atoms with van der Waals surface area (Å²) in [5, 5.41) is 0.220. The molecule has 1 rings (SSSR count). The van der Waals surface area contributed by atoms with Crippen molar-refractivity contribution in [2.24, 2.45) is 11.8 Å². The van der Waals surface area contributed by atoms with E-state index in [9.17, 15) is 4.79 Å². The number of rotatable bonds is 4. The molecule has 1 fully saturated rings. The maximum atomic E-state index is 11.9. The molecule has 1 aliphatic carbocycles. The fraction of sp³-hybridized carbons (Fsp3) is 0.933. The van der Waals surface area contributed by atoms with Gasteiger partial charge in [-0.1, -0.05) is 27.7 Å². The third kappa shape index (κ3) is 4.05. The van der Waals surface area contributed by atoms with Gasteiger partial charge in [-0.05, 0) is 43.8 Å². The molecule has 0 aromatic heterocycles. The molecule has 3 nitrogen and oxygen atoms in total. The Hall–Kier alpha value is -0.353. The van der Waals surface area contributed by atoms with Gasteiger partial charge < -0.3 is 9.16 Å². The summed E-state index contributed by atoms with van der Waals surface area (Å²) in [6, 6.07) is 0. The van der Waals surface area contributed by atoms with Gasteiger partial charge in [0.25, 0.3) is 0 Å². The van der Waals surface area contributed by atoms with E-state index in [1.165, 1.54) is 0 Å². The largest absolute Gasteiger partial charge is 0.466 e. The number of hydrogen-bond donors (Lipinski definition) is 0. The van der Waals surface area contributed by atoms with Crippen LogP contribution < -0.4 is 0 Å². The molecule has 112 valence electrons. The molecular formula is C15H30O3Si. The SMILES string of the molecule is CCOC(=O)[C@@H]1CC(O[Si](C)(C)C(C)(C)C)C[C@H]1C. The van der Waals surface area contributed by atoms with Crippen LogP contribution in [0.2, 0.25) is 18.1 Å². The van der Waals surface area contributed by atoms with E-state index in [2.05, 4.69) is 40.8 Å². The lowest BCUT2D eigenvalue weighted by Gasteiger charge is -2.38. The zero-order chi connectivity index (χ0) is 14.8. The van der Waals surface area contributed by atoms with Crippen molar-refractivity contribution < 1.29 is 14.0 Å². The van der Waals surface area contributed by atoms with Crippen LogP contribution in [-0.4, -0.2) is 27.0 Å². The lowest BCUT2D eigenvalue weighted by Crippen LogP contribution is -2.43. The van der Waals surface area contributed by atoms with Gasteiger partial charge in [0.05, 0.1) is 12.5 Å². The molecule has 0 aliphatic heterocycles. The Balaban J connectivity index is 2.63. The van der Waals surface area contributed by atoms with Gasteiger partial charge in [-0.2, -0.15) is 0 Å². The van der Waals surface area contributed by atoms with E-state index < -0.39 is 8.32 Å². The average Bonchev–Trinajstić information content (AvgIpc) is 2.57. The Kier molecular flexibility index (Phi) is 5.24. The summed E-state index contributed by atoms with van der Waals surface area (Å²) in [6.07, 6.45) is 2.04. The van der Waals surface area contributed by atoms with Crippen molar-refractivity contribution in [2.75, 3.05) is 6.61 Å². The van der Waals surface area contributed by atoms with E-state index in [1.54, 1.807) is 0 Å². The monoisotopic (exact) mass is 286 g/mol.